The second-order valence-corrected chi connectivity index (χ2v) is 4.53. The SMILES string of the molecule is CNCc1ccnn1Cc1c(Cl)cccc1Cl. The summed E-state index contributed by atoms with van der Waals surface area (Å²) in [6.07, 6.45) is 1.78. The lowest BCUT2D eigenvalue weighted by Gasteiger charge is -2.10. The van der Waals surface area contributed by atoms with Crippen LogP contribution in [-0.2, 0) is 13.1 Å². The second-order valence-electron chi connectivity index (χ2n) is 3.71. The van der Waals surface area contributed by atoms with Crippen LogP contribution in [0.1, 0.15) is 11.3 Å². The summed E-state index contributed by atoms with van der Waals surface area (Å²) in [5.74, 6) is 0. The van der Waals surface area contributed by atoms with Crippen LogP contribution in [0.3, 0.4) is 0 Å². The van der Waals surface area contributed by atoms with E-state index in [1.807, 2.05) is 36.0 Å². The fourth-order valence-electron chi connectivity index (χ4n) is 1.67. The molecule has 0 amide bonds. The van der Waals surface area contributed by atoms with Crippen LogP contribution in [-0.4, -0.2) is 16.8 Å². The molecule has 90 valence electrons. The lowest BCUT2D eigenvalue weighted by atomic mass is 10.2. The summed E-state index contributed by atoms with van der Waals surface area (Å²) in [4.78, 5) is 0. The van der Waals surface area contributed by atoms with E-state index in [-0.39, 0.29) is 0 Å². The van der Waals surface area contributed by atoms with E-state index in [9.17, 15) is 0 Å². The quantitative estimate of drug-likeness (QED) is 0.925. The standard InChI is InChI=1S/C12H13Cl2N3/c1-15-7-9-5-6-16-17(9)8-10-11(13)3-2-4-12(10)14/h2-6,15H,7-8H2,1H3. The molecule has 1 heterocycles. The molecule has 0 bridgehead atoms. The van der Waals surface area contributed by atoms with E-state index in [0.717, 1.165) is 17.8 Å². The highest BCUT2D eigenvalue weighted by atomic mass is 35.5. The number of nitrogens with zero attached hydrogens (tertiary/aromatic N) is 2. The number of benzene rings is 1. The van der Waals surface area contributed by atoms with Gasteiger partial charge < -0.3 is 5.32 Å². The minimum atomic E-state index is 0.586. The van der Waals surface area contributed by atoms with Crippen molar-refractivity contribution in [3.05, 3.63) is 51.8 Å². The molecule has 0 atom stereocenters. The lowest BCUT2D eigenvalue weighted by Crippen LogP contribution is -2.13. The molecule has 0 saturated carbocycles. The van der Waals surface area contributed by atoms with E-state index in [1.54, 1.807) is 6.20 Å². The lowest BCUT2D eigenvalue weighted by molar-refractivity contribution is 0.622. The van der Waals surface area contributed by atoms with Gasteiger partial charge in [-0.15, -0.1) is 0 Å². The maximum absolute atomic E-state index is 6.13. The van der Waals surface area contributed by atoms with Gasteiger partial charge in [-0.3, -0.25) is 4.68 Å². The van der Waals surface area contributed by atoms with Crippen molar-refractivity contribution in [3.63, 3.8) is 0 Å². The third kappa shape index (κ3) is 2.80. The van der Waals surface area contributed by atoms with E-state index >= 15 is 0 Å². The molecule has 1 aromatic heterocycles. The van der Waals surface area contributed by atoms with Crippen molar-refractivity contribution < 1.29 is 0 Å². The number of nitrogens with one attached hydrogen (secondary N) is 1. The molecule has 3 nitrogen and oxygen atoms in total. The molecular formula is C12H13Cl2N3. The van der Waals surface area contributed by atoms with Gasteiger partial charge in [-0.2, -0.15) is 5.10 Å². The van der Waals surface area contributed by atoms with Crippen LogP contribution in [0.15, 0.2) is 30.5 Å². The summed E-state index contributed by atoms with van der Waals surface area (Å²) in [6, 6.07) is 7.49. The first-order valence-electron chi connectivity index (χ1n) is 5.30. The van der Waals surface area contributed by atoms with Crippen LogP contribution < -0.4 is 5.32 Å². The Labute approximate surface area is 110 Å². The largest absolute Gasteiger partial charge is 0.314 e. The Hall–Kier alpha value is -1.03. The highest BCUT2D eigenvalue weighted by Crippen LogP contribution is 2.25. The van der Waals surface area contributed by atoms with E-state index in [4.69, 9.17) is 23.2 Å². The topological polar surface area (TPSA) is 29.9 Å². The van der Waals surface area contributed by atoms with Crippen molar-refractivity contribution in [2.45, 2.75) is 13.1 Å². The molecular weight excluding hydrogens is 257 g/mol. The van der Waals surface area contributed by atoms with Crippen molar-refractivity contribution in [1.82, 2.24) is 15.1 Å². The Kier molecular flexibility index (Phi) is 4.05. The summed E-state index contributed by atoms with van der Waals surface area (Å²) >= 11 is 12.3. The van der Waals surface area contributed by atoms with Gasteiger partial charge >= 0.3 is 0 Å². The van der Waals surface area contributed by atoms with Crippen molar-refractivity contribution in [3.8, 4) is 0 Å². The van der Waals surface area contributed by atoms with Gasteiger partial charge in [0, 0.05) is 28.4 Å². The van der Waals surface area contributed by atoms with Gasteiger partial charge in [0.25, 0.3) is 0 Å². The summed E-state index contributed by atoms with van der Waals surface area (Å²) < 4.78 is 1.89. The summed E-state index contributed by atoms with van der Waals surface area (Å²) in [5.41, 5.74) is 2.00. The Balaban J connectivity index is 2.28. The van der Waals surface area contributed by atoms with E-state index in [0.29, 0.717) is 16.6 Å². The van der Waals surface area contributed by atoms with Gasteiger partial charge in [-0.05, 0) is 25.2 Å². The summed E-state index contributed by atoms with van der Waals surface area (Å²) in [6.45, 7) is 1.35. The average molecular weight is 270 g/mol. The van der Waals surface area contributed by atoms with Crippen molar-refractivity contribution in [2.24, 2.45) is 0 Å². The minimum Gasteiger partial charge on any atom is -0.314 e. The van der Waals surface area contributed by atoms with Crippen LogP contribution in [0.25, 0.3) is 0 Å². The van der Waals surface area contributed by atoms with Gasteiger partial charge in [0.15, 0.2) is 0 Å². The number of halogens is 2. The molecule has 2 aromatic rings. The van der Waals surface area contributed by atoms with E-state index in [1.165, 1.54) is 0 Å². The molecule has 0 saturated heterocycles. The van der Waals surface area contributed by atoms with E-state index in [2.05, 4.69) is 10.4 Å². The molecule has 0 unspecified atom stereocenters. The van der Waals surface area contributed by atoms with Crippen molar-refractivity contribution in [1.29, 1.82) is 0 Å². The zero-order chi connectivity index (χ0) is 12.3. The van der Waals surface area contributed by atoms with Gasteiger partial charge in [-0.1, -0.05) is 29.3 Å². The van der Waals surface area contributed by atoms with Gasteiger partial charge in [-0.25, -0.2) is 0 Å². The summed E-state index contributed by atoms with van der Waals surface area (Å²) in [7, 11) is 1.90. The Bertz CT molecular complexity index is 488. The molecule has 2 rings (SSSR count). The first-order chi connectivity index (χ1) is 8.22. The predicted octanol–water partition coefficient (Wildman–Crippen LogP) is 2.96. The fraction of sp³-hybridized carbons (Fsp3) is 0.250. The molecule has 0 spiro atoms. The van der Waals surface area contributed by atoms with Crippen LogP contribution in [0.5, 0.6) is 0 Å². The molecule has 1 aromatic carbocycles. The third-order valence-corrected chi connectivity index (χ3v) is 3.24. The maximum Gasteiger partial charge on any atom is 0.0692 e. The van der Waals surface area contributed by atoms with Crippen molar-refractivity contribution >= 4 is 23.2 Å². The predicted molar refractivity (Wildman–Crippen MR) is 70.6 cm³/mol. The zero-order valence-corrected chi connectivity index (χ0v) is 11.0. The van der Waals surface area contributed by atoms with Crippen LogP contribution in [0, 0.1) is 0 Å². The normalized spacial score (nSPS) is 10.8. The average Bonchev–Trinajstić information content (AvgIpc) is 2.72. The molecule has 0 fully saturated rings. The molecule has 0 aliphatic heterocycles. The molecule has 5 heteroatoms. The molecule has 17 heavy (non-hydrogen) atoms. The Morgan fingerprint density at radius 1 is 1.24 bits per heavy atom. The van der Waals surface area contributed by atoms with Gasteiger partial charge in [0.1, 0.15) is 0 Å². The molecule has 0 aliphatic carbocycles. The van der Waals surface area contributed by atoms with Crippen LogP contribution >= 0.6 is 23.2 Å². The fourth-order valence-corrected chi connectivity index (χ4v) is 2.18. The smallest absolute Gasteiger partial charge is 0.0692 e. The second kappa shape index (κ2) is 5.54. The third-order valence-electron chi connectivity index (χ3n) is 2.53. The number of rotatable bonds is 4. The Morgan fingerprint density at radius 3 is 2.59 bits per heavy atom. The summed E-state index contributed by atoms with van der Waals surface area (Å²) in [5, 5.41) is 8.71. The number of hydrogen-bond acceptors (Lipinski definition) is 2. The number of hydrogen-bond donors (Lipinski definition) is 1. The highest BCUT2D eigenvalue weighted by Gasteiger charge is 2.08. The van der Waals surface area contributed by atoms with Crippen molar-refractivity contribution in [2.75, 3.05) is 7.05 Å². The zero-order valence-electron chi connectivity index (χ0n) is 9.45. The first-order valence-corrected chi connectivity index (χ1v) is 6.06. The van der Waals surface area contributed by atoms with Crippen LogP contribution in [0.2, 0.25) is 10.0 Å². The highest BCUT2D eigenvalue weighted by molar-refractivity contribution is 6.35. The molecule has 1 N–H and O–H groups in total. The molecule has 0 radical (unpaired) electrons. The number of aromatic nitrogens is 2. The minimum absolute atomic E-state index is 0.586. The molecule has 0 aliphatic rings. The van der Waals surface area contributed by atoms with Crippen LogP contribution in [0.4, 0.5) is 0 Å². The first kappa shape index (κ1) is 12.4. The van der Waals surface area contributed by atoms with Gasteiger partial charge in [0.05, 0.1) is 12.2 Å². The monoisotopic (exact) mass is 269 g/mol. The maximum atomic E-state index is 6.13. The van der Waals surface area contributed by atoms with Gasteiger partial charge in [0.2, 0.25) is 0 Å². The van der Waals surface area contributed by atoms with E-state index < -0.39 is 0 Å². The Morgan fingerprint density at radius 2 is 1.94 bits per heavy atom.